The Labute approximate surface area is 112 Å². The summed E-state index contributed by atoms with van der Waals surface area (Å²) in [6.07, 6.45) is 1.38. The van der Waals surface area contributed by atoms with E-state index in [1.54, 1.807) is 0 Å². The van der Waals surface area contributed by atoms with E-state index in [9.17, 15) is 9.59 Å². The highest BCUT2D eigenvalue weighted by atomic mass is 32.1. The first-order valence-corrected chi connectivity index (χ1v) is 6.23. The molecule has 0 saturated heterocycles. The van der Waals surface area contributed by atoms with Crippen molar-refractivity contribution in [1.82, 2.24) is 15.3 Å². The molecule has 1 N–H and O–H groups in total. The molecule has 1 amide bonds. The Balaban J connectivity index is 1.90. The van der Waals surface area contributed by atoms with Crippen molar-refractivity contribution in [3.63, 3.8) is 0 Å². The van der Waals surface area contributed by atoms with Crippen molar-refractivity contribution in [1.29, 1.82) is 0 Å². The molecule has 0 unspecified atom stereocenters. The van der Waals surface area contributed by atoms with Crippen LogP contribution in [0.2, 0.25) is 0 Å². The van der Waals surface area contributed by atoms with Gasteiger partial charge in [-0.2, -0.15) is 0 Å². The third kappa shape index (κ3) is 3.38. The number of aromatic nitrogens is 2. The molecule has 19 heavy (non-hydrogen) atoms. The average molecular weight is 281 g/mol. The fraction of sp³-hybridized carbons (Fsp3) is 0.273. The highest BCUT2D eigenvalue weighted by molar-refractivity contribution is 7.16. The predicted octanol–water partition coefficient (Wildman–Crippen LogP) is 0.359. The van der Waals surface area contributed by atoms with Crippen molar-refractivity contribution in [3.05, 3.63) is 17.8 Å². The third-order valence-corrected chi connectivity index (χ3v) is 3.04. The minimum atomic E-state index is -0.518. The van der Waals surface area contributed by atoms with Crippen molar-refractivity contribution in [2.75, 3.05) is 20.3 Å². The first kappa shape index (κ1) is 13.2. The Morgan fingerprint density at radius 1 is 1.42 bits per heavy atom. The Kier molecular flexibility index (Phi) is 4.24. The van der Waals surface area contributed by atoms with Crippen LogP contribution >= 0.6 is 11.3 Å². The molecule has 0 spiro atoms. The number of thiophene rings is 1. The lowest BCUT2D eigenvalue weighted by molar-refractivity contribution is -0.141. The average Bonchev–Trinajstić information content (AvgIpc) is 2.91. The van der Waals surface area contributed by atoms with Crippen LogP contribution < -0.4 is 10.1 Å². The van der Waals surface area contributed by atoms with E-state index in [-0.39, 0.29) is 13.2 Å². The van der Waals surface area contributed by atoms with E-state index in [0.717, 1.165) is 10.2 Å². The standard InChI is InChI=1S/C11H11N3O4S/c1-17-9(16)4-12-8(15)5-18-10-7-2-3-19-11(7)14-6-13-10/h2-3,6H,4-5H2,1H3,(H,12,15). The van der Waals surface area contributed by atoms with E-state index < -0.39 is 11.9 Å². The monoisotopic (exact) mass is 281 g/mol. The number of ether oxygens (including phenoxy) is 2. The summed E-state index contributed by atoms with van der Waals surface area (Å²) in [5.74, 6) is -0.595. The summed E-state index contributed by atoms with van der Waals surface area (Å²) in [5.41, 5.74) is 0. The van der Waals surface area contributed by atoms with Crippen LogP contribution in [0.5, 0.6) is 5.88 Å². The highest BCUT2D eigenvalue weighted by Crippen LogP contribution is 2.25. The molecule has 0 aliphatic rings. The van der Waals surface area contributed by atoms with Crippen LogP contribution in [-0.2, 0) is 14.3 Å². The van der Waals surface area contributed by atoms with Crippen molar-refractivity contribution >= 4 is 33.4 Å². The maximum absolute atomic E-state index is 11.4. The molecule has 2 aromatic rings. The third-order valence-electron chi connectivity index (χ3n) is 2.22. The molecule has 0 fully saturated rings. The van der Waals surface area contributed by atoms with E-state index in [0.29, 0.717) is 5.88 Å². The lowest BCUT2D eigenvalue weighted by Gasteiger charge is -2.06. The molecule has 8 heteroatoms. The quantitative estimate of drug-likeness (QED) is 0.796. The number of methoxy groups -OCH3 is 1. The summed E-state index contributed by atoms with van der Waals surface area (Å²) in [4.78, 5) is 31.1. The number of nitrogens with one attached hydrogen (secondary N) is 1. The number of carbonyl (C=O) groups excluding carboxylic acids is 2. The van der Waals surface area contributed by atoms with E-state index in [4.69, 9.17) is 4.74 Å². The van der Waals surface area contributed by atoms with Gasteiger partial charge in [-0.3, -0.25) is 9.59 Å². The molecule has 2 heterocycles. The molecular formula is C11H11N3O4S. The van der Waals surface area contributed by atoms with Crippen LogP contribution in [0.15, 0.2) is 17.8 Å². The second-order valence-electron chi connectivity index (χ2n) is 3.46. The van der Waals surface area contributed by atoms with Crippen LogP contribution in [-0.4, -0.2) is 42.1 Å². The van der Waals surface area contributed by atoms with Gasteiger partial charge in [-0.05, 0) is 11.4 Å². The Morgan fingerprint density at radius 3 is 3.05 bits per heavy atom. The molecule has 0 aliphatic carbocycles. The van der Waals surface area contributed by atoms with Gasteiger partial charge in [-0.15, -0.1) is 11.3 Å². The molecule has 7 nitrogen and oxygen atoms in total. The highest BCUT2D eigenvalue weighted by Gasteiger charge is 2.09. The van der Waals surface area contributed by atoms with E-state index in [2.05, 4.69) is 20.0 Å². The molecular weight excluding hydrogens is 270 g/mol. The number of amides is 1. The largest absolute Gasteiger partial charge is 0.468 e. The number of carbonyl (C=O) groups is 2. The van der Waals surface area contributed by atoms with Gasteiger partial charge in [-0.1, -0.05) is 0 Å². The second-order valence-corrected chi connectivity index (χ2v) is 4.35. The summed E-state index contributed by atoms with van der Waals surface area (Å²) in [6, 6.07) is 1.82. The van der Waals surface area contributed by atoms with Crippen LogP contribution in [0.3, 0.4) is 0 Å². The maximum atomic E-state index is 11.4. The van der Waals surface area contributed by atoms with Crippen LogP contribution in [0.25, 0.3) is 10.2 Å². The van der Waals surface area contributed by atoms with Crippen molar-refractivity contribution < 1.29 is 19.1 Å². The van der Waals surface area contributed by atoms with Gasteiger partial charge in [0.1, 0.15) is 17.7 Å². The molecule has 0 aromatic carbocycles. The number of nitrogens with zero attached hydrogens (tertiary/aromatic N) is 2. The Bertz CT molecular complexity index is 598. The van der Waals surface area contributed by atoms with E-state index >= 15 is 0 Å². The lowest BCUT2D eigenvalue weighted by Crippen LogP contribution is -2.33. The van der Waals surface area contributed by atoms with Crippen LogP contribution in [0, 0.1) is 0 Å². The van der Waals surface area contributed by atoms with Gasteiger partial charge in [0, 0.05) is 0 Å². The lowest BCUT2D eigenvalue weighted by atomic mass is 10.4. The molecule has 0 radical (unpaired) electrons. The van der Waals surface area contributed by atoms with Gasteiger partial charge in [0.15, 0.2) is 6.61 Å². The minimum Gasteiger partial charge on any atom is -0.468 e. The van der Waals surface area contributed by atoms with Crippen molar-refractivity contribution in [3.8, 4) is 5.88 Å². The molecule has 0 saturated carbocycles. The molecule has 2 rings (SSSR count). The number of hydrogen-bond acceptors (Lipinski definition) is 7. The Hall–Kier alpha value is -2.22. The summed E-state index contributed by atoms with van der Waals surface area (Å²) in [5, 5.41) is 4.99. The maximum Gasteiger partial charge on any atom is 0.325 e. The van der Waals surface area contributed by atoms with Gasteiger partial charge < -0.3 is 14.8 Å². The number of hydrogen-bond donors (Lipinski definition) is 1. The van der Waals surface area contributed by atoms with Gasteiger partial charge in [0.25, 0.3) is 5.91 Å². The first-order chi connectivity index (χ1) is 9.20. The number of rotatable bonds is 5. The number of esters is 1. The SMILES string of the molecule is COC(=O)CNC(=O)COc1ncnc2sccc12. The molecule has 2 aromatic heterocycles. The normalized spacial score (nSPS) is 10.2. The van der Waals surface area contributed by atoms with Crippen molar-refractivity contribution in [2.45, 2.75) is 0 Å². The molecule has 0 aliphatic heterocycles. The fourth-order valence-electron chi connectivity index (χ4n) is 1.31. The second kappa shape index (κ2) is 6.10. The van der Waals surface area contributed by atoms with Crippen LogP contribution in [0.4, 0.5) is 0 Å². The molecule has 0 bridgehead atoms. The van der Waals surface area contributed by atoms with Gasteiger partial charge in [-0.25, -0.2) is 9.97 Å². The van der Waals surface area contributed by atoms with Gasteiger partial charge in [0.2, 0.25) is 5.88 Å². The zero-order valence-electron chi connectivity index (χ0n) is 10.1. The first-order valence-electron chi connectivity index (χ1n) is 5.35. The van der Waals surface area contributed by atoms with Gasteiger partial charge >= 0.3 is 5.97 Å². The van der Waals surface area contributed by atoms with E-state index in [1.165, 1.54) is 24.8 Å². The van der Waals surface area contributed by atoms with Gasteiger partial charge in [0.05, 0.1) is 12.5 Å². The number of fused-ring (bicyclic) bond motifs is 1. The topological polar surface area (TPSA) is 90.4 Å². The minimum absolute atomic E-state index is 0.184. The zero-order chi connectivity index (χ0) is 13.7. The smallest absolute Gasteiger partial charge is 0.325 e. The van der Waals surface area contributed by atoms with Crippen LogP contribution in [0.1, 0.15) is 0 Å². The molecule has 100 valence electrons. The molecule has 0 atom stereocenters. The van der Waals surface area contributed by atoms with Crippen molar-refractivity contribution in [2.24, 2.45) is 0 Å². The summed E-state index contributed by atoms with van der Waals surface area (Å²) in [6.45, 7) is -0.407. The Morgan fingerprint density at radius 2 is 2.26 bits per heavy atom. The summed E-state index contributed by atoms with van der Waals surface area (Å²) in [7, 11) is 1.25. The summed E-state index contributed by atoms with van der Waals surface area (Å²) >= 11 is 1.46. The zero-order valence-corrected chi connectivity index (χ0v) is 10.9. The summed E-state index contributed by atoms with van der Waals surface area (Å²) < 4.78 is 9.69. The van der Waals surface area contributed by atoms with E-state index in [1.807, 2.05) is 11.4 Å². The fourth-order valence-corrected chi connectivity index (χ4v) is 2.03. The predicted molar refractivity (Wildman–Crippen MR) is 67.9 cm³/mol.